The van der Waals surface area contributed by atoms with Crippen LogP contribution in [0.15, 0.2) is 41.3 Å². The third kappa shape index (κ3) is 4.90. The summed E-state index contributed by atoms with van der Waals surface area (Å²) in [6, 6.07) is 7.68. The summed E-state index contributed by atoms with van der Waals surface area (Å²) in [5.41, 5.74) is 0.669. The summed E-state index contributed by atoms with van der Waals surface area (Å²) in [6.07, 6.45) is 0. The van der Waals surface area contributed by atoms with Gasteiger partial charge in [0.2, 0.25) is 10.0 Å². The molecule has 1 fully saturated rings. The number of hydrogen-bond acceptors (Lipinski definition) is 4. The van der Waals surface area contributed by atoms with Gasteiger partial charge in [0.05, 0.1) is 19.3 Å². The summed E-state index contributed by atoms with van der Waals surface area (Å²) < 4.78 is 46.1. The van der Waals surface area contributed by atoms with Gasteiger partial charge in [-0.2, -0.15) is 4.31 Å². The zero-order chi connectivity index (χ0) is 21.2. The first kappa shape index (κ1) is 22.0. The number of ether oxygens (including phenoxy) is 1. The van der Waals surface area contributed by atoms with Crippen LogP contribution in [0.3, 0.4) is 0 Å². The van der Waals surface area contributed by atoms with Crippen LogP contribution in [0.25, 0.3) is 0 Å². The summed E-state index contributed by atoms with van der Waals surface area (Å²) >= 11 is 12.1. The first-order chi connectivity index (χ1) is 13.7. The van der Waals surface area contributed by atoms with Crippen LogP contribution in [0.4, 0.5) is 4.39 Å². The Morgan fingerprint density at radius 3 is 2.52 bits per heavy atom. The van der Waals surface area contributed by atoms with E-state index < -0.39 is 32.7 Å². The van der Waals surface area contributed by atoms with Gasteiger partial charge in [-0.05, 0) is 42.8 Å². The van der Waals surface area contributed by atoms with Gasteiger partial charge in [-0.25, -0.2) is 12.8 Å². The van der Waals surface area contributed by atoms with E-state index in [0.29, 0.717) is 15.6 Å². The number of carbonyl (C=O) groups excluding carboxylic acids is 1. The van der Waals surface area contributed by atoms with E-state index in [4.69, 9.17) is 27.9 Å². The highest BCUT2D eigenvalue weighted by atomic mass is 35.5. The van der Waals surface area contributed by atoms with Crippen molar-refractivity contribution >= 4 is 39.1 Å². The van der Waals surface area contributed by atoms with Crippen LogP contribution < -0.4 is 5.32 Å². The molecule has 1 N–H and O–H groups in total. The predicted octanol–water partition coefficient (Wildman–Crippen LogP) is 3.64. The number of nitrogens with one attached hydrogen (secondary N) is 1. The van der Waals surface area contributed by atoms with Crippen molar-refractivity contribution < 1.29 is 22.3 Å². The first-order valence-electron chi connectivity index (χ1n) is 8.83. The molecule has 1 atom stereocenters. The topological polar surface area (TPSA) is 75.7 Å². The second-order valence-corrected chi connectivity index (χ2v) is 9.27. The number of nitrogens with zero attached hydrogens (tertiary/aromatic N) is 1. The Bertz CT molecular complexity index is 1030. The molecule has 0 aliphatic carbocycles. The predicted molar refractivity (Wildman–Crippen MR) is 108 cm³/mol. The lowest BCUT2D eigenvalue weighted by Gasteiger charge is -2.26. The van der Waals surface area contributed by atoms with Crippen LogP contribution in [0.1, 0.15) is 28.9 Å². The van der Waals surface area contributed by atoms with Gasteiger partial charge >= 0.3 is 0 Å². The maximum atomic E-state index is 14.3. The van der Waals surface area contributed by atoms with Gasteiger partial charge in [0, 0.05) is 28.7 Å². The second-order valence-electron chi connectivity index (χ2n) is 6.52. The average molecular weight is 461 g/mol. The number of carbonyl (C=O) groups is 1. The molecular weight excluding hydrogens is 442 g/mol. The fourth-order valence-electron chi connectivity index (χ4n) is 2.98. The lowest BCUT2D eigenvalue weighted by molar-refractivity contribution is 0.0729. The smallest absolute Gasteiger partial charge is 0.251 e. The summed E-state index contributed by atoms with van der Waals surface area (Å²) in [5.74, 6) is -1.47. The Labute approximate surface area is 178 Å². The molecule has 1 aliphatic rings. The van der Waals surface area contributed by atoms with Gasteiger partial charge in [0.1, 0.15) is 10.7 Å². The van der Waals surface area contributed by atoms with Crippen molar-refractivity contribution in [2.24, 2.45) is 0 Å². The fourth-order valence-corrected chi connectivity index (χ4v) is 5.05. The van der Waals surface area contributed by atoms with Gasteiger partial charge in [-0.1, -0.05) is 29.3 Å². The van der Waals surface area contributed by atoms with Crippen molar-refractivity contribution in [3.8, 4) is 0 Å². The molecule has 1 saturated heterocycles. The SMILES string of the molecule is CC(NC(=O)c1ccc(F)c(S(=O)(=O)N2CCOCC2)c1)c1ccc(Cl)cc1Cl. The molecule has 2 aromatic carbocycles. The van der Waals surface area contributed by atoms with Crippen molar-refractivity contribution in [2.75, 3.05) is 26.3 Å². The van der Waals surface area contributed by atoms with E-state index in [2.05, 4.69) is 5.32 Å². The van der Waals surface area contributed by atoms with Crippen molar-refractivity contribution in [3.05, 3.63) is 63.4 Å². The average Bonchev–Trinajstić information content (AvgIpc) is 2.68. The summed E-state index contributed by atoms with van der Waals surface area (Å²) in [5, 5.41) is 3.59. The van der Waals surface area contributed by atoms with Crippen molar-refractivity contribution in [3.63, 3.8) is 0 Å². The Hall–Kier alpha value is -1.71. The standard InChI is InChI=1S/C19H19Cl2FN2O4S/c1-12(15-4-3-14(20)11-16(15)21)23-19(25)13-2-5-17(22)18(10-13)29(26,27)24-6-8-28-9-7-24/h2-5,10-12H,6-9H2,1H3,(H,23,25). The van der Waals surface area contributed by atoms with Gasteiger partial charge in [-0.3, -0.25) is 4.79 Å². The number of sulfonamides is 1. The largest absolute Gasteiger partial charge is 0.379 e. The van der Waals surface area contributed by atoms with Crippen molar-refractivity contribution in [1.29, 1.82) is 0 Å². The maximum Gasteiger partial charge on any atom is 0.251 e. The quantitative estimate of drug-likeness (QED) is 0.738. The van der Waals surface area contributed by atoms with Crippen molar-refractivity contribution in [2.45, 2.75) is 17.9 Å². The Balaban J connectivity index is 1.84. The van der Waals surface area contributed by atoms with E-state index in [1.807, 2.05) is 0 Å². The molecule has 0 spiro atoms. The van der Waals surface area contributed by atoms with E-state index in [0.717, 1.165) is 16.4 Å². The molecule has 0 radical (unpaired) electrons. The van der Waals surface area contributed by atoms with E-state index in [9.17, 15) is 17.6 Å². The van der Waals surface area contributed by atoms with Gasteiger partial charge in [0.25, 0.3) is 5.91 Å². The van der Waals surface area contributed by atoms with Crippen LogP contribution in [0, 0.1) is 5.82 Å². The Morgan fingerprint density at radius 2 is 1.86 bits per heavy atom. The summed E-state index contributed by atoms with van der Waals surface area (Å²) in [7, 11) is -4.08. The third-order valence-electron chi connectivity index (χ3n) is 4.56. The number of rotatable bonds is 5. The molecule has 3 rings (SSSR count). The zero-order valence-electron chi connectivity index (χ0n) is 15.5. The highest BCUT2D eigenvalue weighted by Gasteiger charge is 2.30. The highest BCUT2D eigenvalue weighted by molar-refractivity contribution is 7.89. The number of benzene rings is 2. The molecule has 0 aromatic heterocycles. The number of halogens is 3. The Morgan fingerprint density at radius 1 is 1.17 bits per heavy atom. The summed E-state index contributed by atoms with van der Waals surface area (Å²) in [4.78, 5) is 12.1. The minimum absolute atomic E-state index is 0.0233. The van der Waals surface area contributed by atoms with Gasteiger partial charge < -0.3 is 10.1 Å². The van der Waals surface area contributed by atoms with E-state index in [1.54, 1.807) is 25.1 Å². The molecule has 6 nitrogen and oxygen atoms in total. The van der Waals surface area contributed by atoms with Crippen LogP contribution in [0.2, 0.25) is 10.0 Å². The zero-order valence-corrected chi connectivity index (χ0v) is 17.8. The minimum Gasteiger partial charge on any atom is -0.379 e. The van der Waals surface area contributed by atoms with Crippen LogP contribution in [0.5, 0.6) is 0 Å². The molecule has 10 heteroatoms. The first-order valence-corrected chi connectivity index (χ1v) is 11.0. The monoisotopic (exact) mass is 460 g/mol. The molecule has 29 heavy (non-hydrogen) atoms. The molecule has 1 unspecified atom stereocenters. The molecular formula is C19H19Cl2FN2O4S. The second kappa shape index (κ2) is 8.97. The molecule has 2 aromatic rings. The maximum absolute atomic E-state index is 14.3. The number of hydrogen-bond donors (Lipinski definition) is 1. The molecule has 1 amide bonds. The summed E-state index contributed by atoms with van der Waals surface area (Å²) in [6.45, 7) is 2.46. The number of morpholine rings is 1. The minimum atomic E-state index is -4.08. The number of amides is 1. The molecule has 0 saturated carbocycles. The lowest BCUT2D eigenvalue weighted by atomic mass is 10.1. The Kier molecular flexibility index (Phi) is 6.80. The van der Waals surface area contributed by atoms with Crippen LogP contribution in [-0.4, -0.2) is 44.9 Å². The van der Waals surface area contributed by atoms with Gasteiger partial charge in [0.15, 0.2) is 0 Å². The molecule has 1 aliphatic heterocycles. The van der Waals surface area contributed by atoms with Crippen LogP contribution >= 0.6 is 23.2 Å². The van der Waals surface area contributed by atoms with E-state index in [1.165, 1.54) is 6.07 Å². The fraction of sp³-hybridized carbons (Fsp3) is 0.316. The van der Waals surface area contributed by atoms with E-state index in [-0.39, 0.29) is 31.9 Å². The molecule has 156 valence electrons. The van der Waals surface area contributed by atoms with Gasteiger partial charge in [-0.15, -0.1) is 0 Å². The lowest BCUT2D eigenvalue weighted by Crippen LogP contribution is -2.41. The van der Waals surface area contributed by atoms with Crippen LogP contribution in [-0.2, 0) is 14.8 Å². The van der Waals surface area contributed by atoms with Crippen molar-refractivity contribution in [1.82, 2.24) is 9.62 Å². The third-order valence-corrected chi connectivity index (χ3v) is 7.03. The van der Waals surface area contributed by atoms with E-state index >= 15 is 0 Å². The molecule has 1 heterocycles. The highest BCUT2D eigenvalue weighted by Crippen LogP contribution is 2.27. The molecule has 0 bridgehead atoms. The normalized spacial score (nSPS) is 16.4.